The number of nitrogens with zero attached hydrogens (tertiary/aromatic N) is 6. The van der Waals surface area contributed by atoms with E-state index in [9.17, 15) is 14.9 Å². The van der Waals surface area contributed by atoms with Gasteiger partial charge in [-0.3, -0.25) is 14.9 Å². The van der Waals surface area contributed by atoms with Gasteiger partial charge in [0.2, 0.25) is 5.91 Å². The fraction of sp³-hybridized carbons (Fsp3) is 0.333. The van der Waals surface area contributed by atoms with E-state index >= 15 is 0 Å². The molecule has 0 radical (unpaired) electrons. The first-order valence-electron chi connectivity index (χ1n) is 10.1. The molecule has 10 heteroatoms. The molecule has 4 rings (SSSR count). The number of hydrogen-bond donors (Lipinski definition) is 1. The lowest BCUT2D eigenvalue weighted by Gasteiger charge is -2.31. The van der Waals surface area contributed by atoms with Crippen LogP contribution >= 0.6 is 0 Å². The number of piperidine rings is 1. The molecule has 1 N–H and O–H groups in total. The molecule has 0 saturated carbocycles. The van der Waals surface area contributed by atoms with Crippen LogP contribution in [0.1, 0.15) is 24.2 Å². The Balaban J connectivity index is 1.37. The highest BCUT2D eigenvalue weighted by molar-refractivity contribution is 5.94. The van der Waals surface area contributed by atoms with Crippen LogP contribution in [0, 0.1) is 29.9 Å². The van der Waals surface area contributed by atoms with Crippen molar-refractivity contribution in [3.8, 4) is 5.82 Å². The molecule has 1 saturated heterocycles. The lowest BCUT2D eigenvalue weighted by atomic mass is 9.95. The Hall–Kier alpha value is -3.82. The first-order chi connectivity index (χ1) is 14.9. The zero-order valence-electron chi connectivity index (χ0n) is 17.4. The number of benzene rings is 1. The third-order valence-corrected chi connectivity index (χ3v) is 5.41. The van der Waals surface area contributed by atoms with Crippen LogP contribution < -0.4 is 10.2 Å². The summed E-state index contributed by atoms with van der Waals surface area (Å²) in [5.74, 6) is 1.01. The SMILES string of the molecule is Cc1cc(C)n(-c2ccc(N3CCC(C(=O)Nc4ccccc4[N+](=O)[O-])CC3)nn2)n1. The van der Waals surface area contributed by atoms with E-state index in [1.165, 1.54) is 6.07 Å². The number of amides is 1. The van der Waals surface area contributed by atoms with Gasteiger partial charge in [-0.05, 0) is 51.0 Å². The van der Waals surface area contributed by atoms with Crippen molar-refractivity contribution in [1.29, 1.82) is 0 Å². The van der Waals surface area contributed by atoms with Crippen molar-refractivity contribution in [2.75, 3.05) is 23.3 Å². The number of aryl methyl sites for hydroxylation is 2. The minimum Gasteiger partial charge on any atom is -0.355 e. The van der Waals surface area contributed by atoms with E-state index in [-0.39, 0.29) is 23.2 Å². The first kappa shape index (κ1) is 20.5. The number of carbonyl (C=O) groups is 1. The second kappa shape index (κ2) is 8.50. The van der Waals surface area contributed by atoms with Crippen molar-refractivity contribution < 1.29 is 9.72 Å². The van der Waals surface area contributed by atoms with Crippen molar-refractivity contribution >= 4 is 23.1 Å². The lowest BCUT2D eigenvalue weighted by Crippen LogP contribution is -2.38. The number of hydrogen-bond acceptors (Lipinski definition) is 7. The number of nitrogens with one attached hydrogen (secondary N) is 1. The molecule has 2 aromatic heterocycles. The van der Waals surface area contributed by atoms with E-state index in [1.807, 2.05) is 32.0 Å². The minimum atomic E-state index is -0.493. The molecule has 1 amide bonds. The van der Waals surface area contributed by atoms with E-state index in [1.54, 1.807) is 22.9 Å². The highest BCUT2D eigenvalue weighted by Crippen LogP contribution is 2.27. The molecule has 31 heavy (non-hydrogen) atoms. The number of rotatable bonds is 5. The maximum atomic E-state index is 12.6. The van der Waals surface area contributed by atoms with Gasteiger partial charge in [0.1, 0.15) is 5.69 Å². The molecular formula is C21H23N7O3. The summed E-state index contributed by atoms with van der Waals surface area (Å²) in [6, 6.07) is 11.9. The fourth-order valence-electron chi connectivity index (χ4n) is 3.80. The van der Waals surface area contributed by atoms with Crippen LogP contribution in [-0.2, 0) is 4.79 Å². The Labute approximate surface area is 179 Å². The Bertz CT molecular complexity index is 1100. The maximum Gasteiger partial charge on any atom is 0.292 e. The molecule has 3 heterocycles. The molecule has 0 aliphatic carbocycles. The number of nitro groups is 1. The fourth-order valence-corrected chi connectivity index (χ4v) is 3.80. The second-order valence-electron chi connectivity index (χ2n) is 7.61. The van der Waals surface area contributed by atoms with Gasteiger partial charge in [0.05, 0.1) is 10.6 Å². The van der Waals surface area contributed by atoms with Crippen LogP contribution in [0.15, 0.2) is 42.5 Å². The third kappa shape index (κ3) is 4.37. The molecule has 0 bridgehead atoms. The van der Waals surface area contributed by atoms with Gasteiger partial charge >= 0.3 is 0 Å². The second-order valence-corrected chi connectivity index (χ2v) is 7.61. The summed E-state index contributed by atoms with van der Waals surface area (Å²) in [5, 5.41) is 26.9. The van der Waals surface area contributed by atoms with E-state index in [2.05, 4.69) is 25.5 Å². The lowest BCUT2D eigenvalue weighted by molar-refractivity contribution is -0.383. The third-order valence-electron chi connectivity index (χ3n) is 5.41. The Kier molecular flexibility index (Phi) is 5.61. The minimum absolute atomic E-state index is 0.105. The molecule has 1 aromatic carbocycles. The molecule has 0 unspecified atom stereocenters. The van der Waals surface area contributed by atoms with Crippen LogP contribution in [0.3, 0.4) is 0 Å². The number of para-hydroxylation sites is 2. The van der Waals surface area contributed by atoms with Crippen LogP contribution in [0.5, 0.6) is 0 Å². The van der Waals surface area contributed by atoms with Crippen LogP contribution in [0.25, 0.3) is 5.82 Å². The van der Waals surface area contributed by atoms with E-state index in [0.29, 0.717) is 31.7 Å². The van der Waals surface area contributed by atoms with Gasteiger partial charge in [0.25, 0.3) is 5.69 Å². The van der Waals surface area contributed by atoms with Crippen molar-refractivity contribution in [3.05, 3.63) is 64.0 Å². The summed E-state index contributed by atoms with van der Waals surface area (Å²) >= 11 is 0. The predicted molar refractivity (Wildman–Crippen MR) is 115 cm³/mol. The van der Waals surface area contributed by atoms with Crippen LogP contribution in [-0.4, -0.2) is 43.9 Å². The smallest absolute Gasteiger partial charge is 0.292 e. The molecular weight excluding hydrogens is 398 g/mol. The van der Waals surface area contributed by atoms with Crippen LogP contribution in [0.4, 0.5) is 17.2 Å². The highest BCUT2D eigenvalue weighted by Gasteiger charge is 2.27. The largest absolute Gasteiger partial charge is 0.355 e. The first-order valence-corrected chi connectivity index (χ1v) is 10.1. The summed E-state index contributed by atoms with van der Waals surface area (Å²) in [7, 11) is 0. The number of aromatic nitrogens is 4. The Morgan fingerprint density at radius 2 is 1.77 bits per heavy atom. The van der Waals surface area contributed by atoms with E-state index < -0.39 is 4.92 Å². The number of carbonyl (C=O) groups excluding carboxylic acids is 1. The van der Waals surface area contributed by atoms with E-state index in [0.717, 1.165) is 17.2 Å². The van der Waals surface area contributed by atoms with Gasteiger partial charge in [-0.2, -0.15) is 5.10 Å². The summed E-state index contributed by atoms with van der Waals surface area (Å²) in [5.41, 5.74) is 2.03. The van der Waals surface area contributed by atoms with Gasteiger partial charge in [-0.15, -0.1) is 10.2 Å². The summed E-state index contributed by atoms with van der Waals surface area (Å²) in [4.78, 5) is 25.4. The molecule has 0 atom stereocenters. The quantitative estimate of drug-likeness (QED) is 0.497. The average molecular weight is 421 g/mol. The summed E-state index contributed by atoms with van der Waals surface area (Å²) < 4.78 is 1.76. The topological polar surface area (TPSA) is 119 Å². The summed E-state index contributed by atoms with van der Waals surface area (Å²) in [6.45, 7) is 5.21. The molecule has 10 nitrogen and oxygen atoms in total. The van der Waals surface area contributed by atoms with Gasteiger partial charge in [-0.1, -0.05) is 12.1 Å². The van der Waals surface area contributed by atoms with Crippen molar-refractivity contribution in [3.63, 3.8) is 0 Å². The molecule has 1 aliphatic rings. The number of nitro benzene ring substituents is 1. The van der Waals surface area contributed by atoms with Crippen molar-refractivity contribution in [2.45, 2.75) is 26.7 Å². The maximum absolute atomic E-state index is 12.6. The molecule has 1 fully saturated rings. The van der Waals surface area contributed by atoms with Gasteiger partial charge < -0.3 is 10.2 Å². The summed E-state index contributed by atoms with van der Waals surface area (Å²) in [6.07, 6.45) is 1.26. The van der Waals surface area contributed by atoms with Crippen molar-refractivity contribution in [1.82, 2.24) is 20.0 Å². The van der Waals surface area contributed by atoms with Crippen molar-refractivity contribution in [2.24, 2.45) is 5.92 Å². The predicted octanol–water partition coefficient (Wildman–Crippen LogP) is 3.04. The molecule has 3 aromatic rings. The van der Waals surface area contributed by atoms with Gasteiger partial charge in [0, 0.05) is 30.8 Å². The monoisotopic (exact) mass is 421 g/mol. The zero-order chi connectivity index (χ0) is 22.0. The molecule has 160 valence electrons. The standard InChI is InChI=1S/C21H23N7O3/c1-14-13-15(2)27(25-14)20-8-7-19(23-24-20)26-11-9-16(10-12-26)21(29)22-17-5-3-4-6-18(17)28(30)31/h3-8,13,16H,9-12H2,1-2H3,(H,22,29). The molecule has 1 aliphatic heterocycles. The van der Waals surface area contributed by atoms with Gasteiger partial charge in [-0.25, -0.2) is 4.68 Å². The Morgan fingerprint density at radius 1 is 1.10 bits per heavy atom. The van der Waals surface area contributed by atoms with Gasteiger partial charge in [0.15, 0.2) is 11.6 Å². The van der Waals surface area contributed by atoms with E-state index in [4.69, 9.17) is 0 Å². The van der Waals surface area contributed by atoms with Crippen LogP contribution in [0.2, 0.25) is 0 Å². The highest BCUT2D eigenvalue weighted by atomic mass is 16.6. The number of anilines is 2. The zero-order valence-corrected chi connectivity index (χ0v) is 17.4. The normalized spacial score (nSPS) is 14.5. The Morgan fingerprint density at radius 3 is 2.39 bits per heavy atom. The average Bonchev–Trinajstić information content (AvgIpc) is 3.12. The molecule has 0 spiro atoms.